The molecule has 0 aliphatic heterocycles. The van der Waals surface area contributed by atoms with Crippen LogP contribution in [0.5, 0.6) is 0 Å². The molecule has 1 aromatic carbocycles. The number of fused-ring (bicyclic) bond motifs is 3. The molecular weight excluding hydrogens is 356 g/mol. The van der Waals surface area contributed by atoms with Gasteiger partial charge in [0.25, 0.3) is 5.56 Å². The number of hydrogen-bond donors (Lipinski definition) is 2. The summed E-state index contributed by atoms with van der Waals surface area (Å²) < 4.78 is 3.27. The third kappa shape index (κ3) is 3.06. The van der Waals surface area contributed by atoms with Gasteiger partial charge in [0, 0.05) is 48.7 Å². The first kappa shape index (κ1) is 18.0. The highest BCUT2D eigenvalue weighted by Gasteiger charge is 2.13. The predicted molar refractivity (Wildman–Crippen MR) is 107 cm³/mol. The molecule has 0 fully saturated rings. The summed E-state index contributed by atoms with van der Waals surface area (Å²) in [7, 11) is 1.88. The molecule has 8 nitrogen and oxygen atoms in total. The predicted octanol–water partition coefficient (Wildman–Crippen LogP) is 1.93. The highest BCUT2D eigenvalue weighted by atomic mass is 16.2. The van der Waals surface area contributed by atoms with E-state index in [1.807, 2.05) is 45.2 Å². The Kier molecular flexibility index (Phi) is 4.46. The van der Waals surface area contributed by atoms with Gasteiger partial charge in [-0.05, 0) is 19.9 Å². The maximum Gasteiger partial charge on any atom is 0.277 e. The van der Waals surface area contributed by atoms with Crippen molar-refractivity contribution in [1.82, 2.24) is 29.6 Å². The Hall–Kier alpha value is -3.42. The van der Waals surface area contributed by atoms with Crippen LogP contribution in [0.2, 0.25) is 0 Å². The average Bonchev–Trinajstić information content (AvgIpc) is 3.17. The maximum absolute atomic E-state index is 12.7. The van der Waals surface area contributed by atoms with Crippen molar-refractivity contribution >= 4 is 27.8 Å². The van der Waals surface area contributed by atoms with Gasteiger partial charge in [-0.25, -0.2) is 4.98 Å². The molecule has 3 aromatic heterocycles. The van der Waals surface area contributed by atoms with Gasteiger partial charge in [-0.3, -0.25) is 18.8 Å². The fraction of sp³-hybridized carbons (Fsp3) is 0.300. The van der Waals surface area contributed by atoms with E-state index >= 15 is 0 Å². The number of para-hydroxylation sites is 1. The Balaban J connectivity index is 1.46. The number of nitrogens with zero attached hydrogens (tertiary/aromatic N) is 4. The molecule has 0 saturated carbocycles. The van der Waals surface area contributed by atoms with E-state index in [0.717, 1.165) is 27.9 Å². The molecule has 0 aliphatic rings. The van der Waals surface area contributed by atoms with Crippen LogP contribution in [-0.2, 0) is 24.9 Å². The van der Waals surface area contributed by atoms with Crippen LogP contribution in [0.3, 0.4) is 0 Å². The maximum atomic E-state index is 12.7. The van der Waals surface area contributed by atoms with E-state index in [2.05, 4.69) is 20.4 Å². The lowest BCUT2D eigenvalue weighted by Crippen LogP contribution is -2.27. The molecule has 28 heavy (non-hydrogen) atoms. The van der Waals surface area contributed by atoms with Gasteiger partial charge < -0.3 is 10.3 Å². The number of carbonyl (C=O) groups excluding carboxylic acids is 1. The van der Waals surface area contributed by atoms with Crippen molar-refractivity contribution in [1.29, 1.82) is 0 Å². The topological polar surface area (TPSA) is 97.6 Å². The van der Waals surface area contributed by atoms with E-state index < -0.39 is 0 Å². The van der Waals surface area contributed by atoms with Crippen molar-refractivity contribution in [2.24, 2.45) is 7.05 Å². The summed E-state index contributed by atoms with van der Waals surface area (Å²) >= 11 is 0. The number of carbonyl (C=O) groups is 1. The molecule has 144 valence electrons. The van der Waals surface area contributed by atoms with Gasteiger partial charge in [-0.1, -0.05) is 18.2 Å². The van der Waals surface area contributed by atoms with Crippen LogP contribution in [0.1, 0.15) is 23.4 Å². The number of nitrogens with one attached hydrogen (secondary N) is 2. The van der Waals surface area contributed by atoms with Crippen molar-refractivity contribution in [2.75, 3.05) is 0 Å². The molecule has 0 bridgehead atoms. The molecule has 0 saturated heterocycles. The van der Waals surface area contributed by atoms with Crippen LogP contribution in [0, 0.1) is 13.8 Å². The third-order valence-corrected chi connectivity index (χ3v) is 5.18. The highest BCUT2D eigenvalue weighted by molar-refractivity contribution is 6.04. The molecule has 4 rings (SSSR count). The van der Waals surface area contributed by atoms with Crippen molar-refractivity contribution in [3.63, 3.8) is 0 Å². The standard InChI is InChI=1S/C20H22N6O2/c1-12-15(13(2)25(3)24-12)10-21-17(27)8-9-26-11-22-18-14-6-4-5-7-16(14)23-19(18)20(26)28/h4-7,11,23H,8-10H2,1-3H3,(H,21,27). The SMILES string of the molecule is Cc1nn(C)c(C)c1CNC(=O)CCn1cnc2c([nH]c3ccccc32)c1=O. The third-order valence-electron chi connectivity index (χ3n) is 5.18. The lowest BCUT2D eigenvalue weighted by molar-refractivity contribution is -0.121. The lowest BCUT2D eigenvalue weighted by atomic mass is 10.2. The van der Waals surface area contributed by atoms with Crippen molar-refractivity contribution in [3.8, 4) is 0 Å². The summed E-state index contributed by atoms with van der Waals surface area (Å²) in [5.41, 5.74) is 4.78. The summed E-state index contributed by atoms with van der Waals surface area (Å²) in [6, 6.07) is 7.67. The van der Waals surface area contributed by atoms with E-state index in [9.17, 15) is 9.59 Å². The van der Waals surface area contributed by atoms with Crippen LogP contribution in [0.4, 0.5) is 0 Å². The molecule has 0 spiro atoms. The number of rotatable bonds is 5. The number of amides is 1. The molecule has 2 N–H and O–H groups in total. The second kappa shape index (κ2) is 6.95. The Bertz CT molecular complexity index is 1250. The summed E-state index contributed by atoms with van der Waals surface area (Å²) in [5.74, 6) is -0.119. The highest BCUT2D eigenvalue weighted by Crippen LogP contribution is 2.20. The normalized spacial score (nSPS) is 11.4. The molecule has 0 aliphatic carbocycles. The average molecular weight is 378 g/mol. The fourth-order valence-corrected chi connectivity index (χ4v) is 3.47. The molecule has 0 atom stereocenters. The van der Waals surface area contributed by atoms with E-state index in [4.69, 9.17) is 0 Å². The first-order valence-electron chi connectivity index (χ1n) is 9.17. The van der Waals surface area contributed by atoms with Crippen molar-refractivity contribution < 1.29 is 4.79 Å². The fourth-order valence-electron chi connectivity index (χ4n) is 3.47. The Labute approximate surface area is 161 Å². The van der Waals surface area contributed by atoms with Crippen LogP contribution in [0.15, 0.2) is 35.4 Å². The van der Waals surface area contributed by atoms with Crippen molar-refractivity contribution in [3.05, 3.63) is 57.9 Å². The second-order valence-corrected chi connectivity index (χ2v) is 6.94. The van der Waals surface area contributed by atoms with Gasteiger partial charge in [0.05, 0.1) is 12.0 Å². The second-order valence-electron chi connectivity index (χ2n) is 6.94. The van der Waals surface area contributed by atoms with E-state index in [0.29, 0.717) is 17.6 Å². The minimum Gasteiger partial charge on any atom is -0.352 e. The lowest BCUT2D eigenvalue weighted by Gasteiger charge is -2.07. The van der Waals surface area contributed by atoms with Gasteiger partial charge in [0.2, 0.25) is 5.91 Å². The number of hydrogen-bond acceptors (Lipinski definition) is 4. The van der Waals surface area contributed by atoms with Gasteiger partial charge in [0.1, 0.15) is 11.0 Å². The zero-order valence-electron chi connectivity index (χ0n) is 16.1. The van der Waals surface area contributed by atoms with Gasteiger partial charge in [-0.2, -0.15) is 5.10 Å². The molecule has 0 radical (unpaired) electrons. The summed E-state index contributed by atoms with van der Waals surface area (Å²) in [4.78, 5) is 32.5. The Morgan fingerprint density at radius 2 is 2.04 bits per heavy atom. The zero-order valence-corrected chi connectivity index (χ0v) is 16.1. The smallest absolute Gasteiger partial charge is 0.277 e. The van der Waals surface area contributed by atoms with Crippen LogP contribution in [0.25, 0.3) is 21.9 Å². The van der Waals surface area contributed by atoms with E-state index in [1.54, 1.807) is 4.68 Å². The largest absolute Gasteiger partial charge is 0.352 e. The Morgan fingerprint density at radius 1 is 1.25 bits per heavy atom. The first-order valence-corrected chi connectivity index (χ1v) is 9.17. The van der Waals surface area contributed by atoms with Crippen LogP contribution in [-0.4, -0.2) is 30.2 Å². The minimum atomic E-state index is -0.173. The van der Waals surface area contributed by atoms with Gasteiger partial charge in [0.15, 0.2) is 0 Å². The monoisotopic (exact) mass is 378 g/mol. The van der Waals surface area contributed by atoms with Gasteiger partial charge >= 0.3 is 0 Å². The molecule has 3 heterocycles. The van der Waals surface area contributed by atoms with E-state index in [1.165, 1.54) is 10.9 Å². The number of aromatic amines is 1. The zero-order chi connectivity index (χ0) is 19.8. The summed E-state index contributed by atoms with van der Waals surface area (Å²) in [6.45, 7) is 4.60. The van der Waals surface area contributed by atoms with Crippen LogP contribution < -0.4 is 10.9 Å². The first-order chi connectivity index (χ1) is 13.5. The van der Waals surface area contributed by atoms with Crippen molar-refractivity contribution in [2.45, 2.75) is 33.4 Å². The van der Waals surface area contributed by atoms with Gasteiger partial charge in [-0.15, -0.1) is 0 Å². The minimum absolute atomic E-state index is 0.119. The summed E-state index contributed by atoms with van der Waals surface area (Å²) in [5, 5.41) is 8.17. The molecule has 1 amide bonds. The number of aryl methyl sites for hydroxylation is 3. The number of aromatic nitrogens is 5. The molecule has 0 unspecified atom stereocenters. The number of H-pyrrole nitrogens is 1. The van der Waals surface area contributed by atoms with E-state index in [-0.39, 0.29) is 24.4 Å². The Morgan fingerprint density at radius 3 is 2.79 bits per heavy atom. The van der Waals surface area contributed by atoms with Crippen LogP contribution >= 0.6 is 0 Å². The summed E-state index contributed by atoms with van der Waals surface area (Å²) in [6.07, 6.45) is 1.71. The molecule has 8 heteroatoms. The quantitative estimate of drug-likeness (QED) is 0.554. The number of benzene rings is 1. The molecule has 4 aromatic rings. The molecular formula is C20H22N6O2.